The zero-order chi connectivity index (χ0) is 16.4. The molecule has 0 aliphatic carbocycles. The van der Waals surface area contributed by atoms with Crippen molar-refractivity contribution in [3.63, 3.8) is 0 Å². The number of fused-ring (bicyclic) bond motifs is 1. The highest BCUT2D eigenvalue weighted by atomic mass is 35.5. The number of methoxy groups -OCH3 is 1. The minimum absolute atomic E-state index is 0.191. The van der Waals surface area contributed by atoms with Gasteiger partial charge in [-0.1, -0.05) is 12.1 Å². The van der Waals surface area contributed by atoms with Gasteiger partial charge < -0.3 is 9.64 Å². The molecule has 0 saturated heterocycles. The third-order valence-electron chi connectivity index (χ3n) is 3.58. The number of benzene rings is 2. The third-order valence-corrected chi connectivity index (χ3v) is 3.82. The molecule has 0 radical (unpaired) electrons. The Morgan fingerprint density at radius 2 is 1.96 bits per heavy atom. The van der Waals surface area contributed by atoms with Crippen molar-refractivity contribution < 1.29 is 9.13 Å². The Morgan fingerprint density at radius 3 is 2.65 bits per heavy atom. The lowest BCUT2D eigenvalue weighted by Gasteiger charge is -2.21. The number of nitrogens with zero attached hydrogens (tertiary/aromatic N) is 3. The maximum atomic E-state index is 14.4. The van der Waals surface area contributed by atoms with Gasteiger partial charge >= 0.3 is 0 Å². The number of rotatable bonds is 4. The first-order valence-corrected chi connectivity index (χ1v) is 7.56. The predicted octanol–water partition coefficient (Wildman–Crippen LogP) is 4.28. The van der Waals surface area contributed by atoms with E-state index in [9.17, 15) is 4.39 Å². The normalized spacial score (nSPS) is 10.8. The molecule has 0 fully saturated rings. The molecule has 118 valence electrons. The summed E-state index contributed by atoms with van der Waals surface area (Å²) in [6.45, 7) is 0. The van der Waals surface area contributed by atoms with Crippen LogP contribution in [0.15, 0.2) is 42.5 Å². The van der Waals surface area contributed by atoms with Gasteiger partial charge in [0.1, 0.15) is 17.4 Å². The van der Waals surface area contributed by atoms with Crippen molar-refractivity contribution in [2.75, 3.05) is 19.1 Å². The highest BCUT2D eigenvalue weighted by Crippen LogP contribution is 2.32. The summed E-state index contributed by atoms with van der Waals surface area (Å²) in [4.78, 5) is 10.6. The lowest BCUT2D eigenvalue weighted by Crippen LogP contribution is -2.15. The fraction of sp³-hybridized carbons (Fsp3) is 0.176. The summed E-state index contributed by atoms with van der Waals surface area (Å²) in [5, 5.41) is 0.832. The van der Waals surface area contributed by atoms with Gasteiger partial charge in [0.15, 0.2) is 5.82 Å². The molecule has 0 saturated carbocycles. The van der Waals surface area contributed by atoms with E-state index in [2.05, 4.69) is 9.97 Å². The van der Waals surface area contributed by atoms with Gasteiger partial charge in [0, 0.05) is 18.5 Å². The third kappa shape index (κ3) is 2.92. The number of para-hydroxylation sites is 1. The lowest BCUT2D eigenvalue weighted by molar-refractivity contribution is 0.411. The first-order chi connectivity index (χ1) is 11.1. The summed E-state index contributed by atoms with van der Waals surface area (Å²) in [6.07, 6.45) is 0. The van der Waals surface area contributed by atoms with Crippen LogP contribution in [0.25, 0.3) is 10.9 Å². The number of hydrogen-bond donors (Lipinski definition) is 0. The van der Waals surface area contributed by atoms with Crippen molar-refractivity contribution in [2.45, 2.75) is 5.88 Å². The fourth-order valence-corrected chi connectivity index (χ4v) is 2.54. The largest absolute Gasteiger partial charge is 0.497 e. The SMILES string of the molecule is COc1ccc(N(C)c2nc(CCl)nc3ccccc23)c(F)c1. The minimum Gasteiger partial charge on any atom is -0.497 e. The van der Waals surface area contributed by atoms with E-state index >= 15 is 0 Å². The Kier molecular flexibility index (Phi) is 4.30. The summed E-state index contributed by atoms with van der Waals surface area (Å²) in [6, 6.07) is 12.3. The summed E-state index contributed by atoms with van der Waals surface area (Å²) >= 11 is 5.89. The minimum atomic E-state index is -0.387. The molecule has 1 aromatic heterocycles. The Morgan fingerprint density at radius 1 is 1.17 bits per heavy atom. The Hall–Kier alpha value is -2.40. The van der Waals surface area contributed by atoms with Gasteiger partial charge in [-0.3, -0.25) is 0 Å². The van der Waals surface area contributed by atoms with Crippen LogP contribution in [0.1, 0.15) is 5.82 Å². The topological polar surface area (TPSA) is 38.2 Å². The van der Waals surface area contributed by atoms with E-state index in [1.165, 1.54) is 13.2 Å². The second kappa shape index (κ2) is 6.38. The summed E-state index contributed by atoms with van der Waals surface area (Å²) in [5.74, 6) is 1.38. The van der Waals surface area contributed by atoms with Crippen molar-refractivity contribution in [3.05, 3.63) is 54.1 Å². The molecule has 0 atom stereocenters. The van der Waals surface area contributed by atoms with Crippen molar-refractivity contribution in [3.8, 4) is 5.75 Å². The average molecular weight is 332 g/mol. The van der Waals surface area contributed by atoms with Crippen LogP contribution in [0.5, 0.6) is 5.75 Å². The molecular formula is C17H15ClFN3O. The Bertz CT molecular complexity index is 856. The first kappa shape index (κ1) is 15.5. The zero-order valence-corrected chi connectivity index (χ0v) is 13.5. The predicted molar refractivity (Wildman–Crippen MR) is 90.1 cm³/mol. The second-order valence-corrected chi connectivity index (χ2v) is 5.26. The molecule has 2 aromatic carbocycles. The van der Waals surface area contributed by atoms with Crippen LogP contribution in [-0.2, 0) is 5.88 Å². The van der Waals surface area contributed by atoms with Gasteiger partial charge in [-0.25, -0.2) is 14.4 Å². The van der Waals surface area contributed by atoms with Crippen LogP contribution < -0.4 is 9.64 Å². The summed E-state index contributed by atoms with van der Waals surface area (Å²) in [7, 11) is 3.26. The molecule has 1 heterocycles. The Balaban J connectivity index is 2.15. The van der Waals surface area contributed by atoms with Gasteiger partial charge in [0.05, 0.1) is 24.2 Å². The molecular weight excluding hydrogens is 317 g/mol. The number of anilines is 2. The van der Waals surface area contributed by atoms with Gasteiger partial charge in [-0.15, -0.1) is 11.6 Å². The number of aromatic nitrogens is 2. The number of hydrogen-bond acceptors (Lipinski definition) is 4. The monoisotopic (exact) mass is 331 g/mol. The molecule has 0 bridgehead atoms. The number of halogens is 2. The number of alkyl halides is 1. The molecule has 23 heavy (non-hydrogen) atoms. The first-order valence-electron chi connectivity index (χ1n) is 7.03. The average Bonchev–Trinajstić information content (AvgIpc) is 2.60. The van der Waals surface area contributed by atoms with Crippen LogP contribution in [0, 0.1) is 5.82 Å². The summed E-state index contributed by atoms with van der Waals surface area (Å²) < 4.78 is 19.4. The van der Waals surface area contributed by atoms with E-state index in [0.29, 0.717) is 23.1 Å². The molecule has 0 amide bonds. The van der Waals surface area contributed by atoms with Crippen LogP contribution in [0.2, 0.25) is 0 Å². The quantitative estimate of drug-likeness (QED) is 0.669. The van der Waals surface area contributed by atoms with Gasteiger partial charge in [0.25, 0.3) is 0 Å². The zero-order valence-electron chi connectivity index (χ0n) is 12.8. The van der Waals surface area contributed by atoms with E-state index in [0.717, 1.165) is 10.9 Å². The van der Waals surface area contributed by atoms with E-state index in [4.69, 9.17) is 16.3 Å². The second-order valence-electron chi connectivity index (χ2n) is 4.99. The van der Waals surface area contributed by atoms with Crippen LogP contribution >= 0.6 is 11.6 Å². The van der Waals surface area contributed by atoms with Gasteiger partial charge in [0.2, 0.25) is 0 Å². The summed E-state index contributed by atoms with van der Waals surface area (Å²) in [5.41, 5.74) is 1.17. The molecule has 0 unspecified atom stereocenters. The van der Waals surface area contributed by atoms with Gasteiger partial charge in [-0.2, -0.15) is 0 Å². The molecule has 4 nitrogen and oxygen atoms in total. The fourth-order valence-electron chi connectivity index (χ4n) is 2.42. The lowest BCUT2D eigenvalue weighted by atomic mass is 10.2. The van der Waals surface area contributed by atoms with Crippen molar-refractivity contribution >= 4 is 34.0 Å². The van der Waals surface area contributed by atoms with Crippen LogP contribution in [0.4, 0.5) is 15.9 Å². The Labute approximate surface area is 138 Å². The van der Waals surface area contributed by atoms with Gasteiger partial charge in [-0.05, 0) is 24.3 Å². The van der Waals surface area contributed by atoms with Crippen LogP contribution in [-0.4, -0.2) is 24.1 Å². The molecule has 0 spiro atoms. The maximum absolute atomic E-state index is 14.4. The highest BCUT2D eigenvalue weighted by Gasteiger charge is 2.16. The molecule has 0 N–H and O–H groups in total. The van der Waals surface area contributed by atoms with Crippen molar-refractivity contribution in [1.29, 1.82) is 0 Å². The van der Waals surface area contributed by atoms with E-state index in [1.54, 1.807) is 24.1 Å². The maximum Gasteiger partial charge on any atom is 0.150 e. The molecule has 0 aliphatic heterocycles. The standard InChI is InChI=1S/C17H15ClFN3O/c1-22(15-8-7-11(23-2)9-13(15)19)17-12-5-3-4-6-14(12)20-16(10-18)21-17/h3-9H,10H2,1-2H3. The van der Waals surface area contributed by atoms with Crippen LogP contribution in [0.3, 0.4) is 0 Å². The van der Waals surface area contributed by atoms with E-state index < -0.39 is 0 Å². The molecule has 3 rings (SSSR count). The highest BCUT2D eigenvalue weighted by molar-refractivity contribution is 6.16. The molecule has 0 aliphatic rings. The van der Waals surface area contributed by atoms with Crippen molar-refractivity contribution in [1.82, 2.24) is 9.97 Å². The molecule has 6 heteroatoms. The van der Waals surface area contributed by atoms with E-state index in [1.807, 2.05) is 24.3 Å². The van der Waals surface area contributed by atoms with E-state index in [-0.39, 0.29) is 11.7 Å². The molecule has 3 aromatic rings. The number of ether oxygens (including phenoxy) is 1. The smallest absolute Gasteiger partial charge is 0.150 e. The van der Waals surface area contributed by atoms with Crippen molar-refractivity contribution in [2.24, 2.45) is 0 Å².